The lowest BCUT2D eigenvalue weighted by Crippen LogP contribution is -2.55. The minimum Gasteiger partial charge on any atom is -0.368 e. The van der Waals surface area contributed by atoms with Crippen LogP contribution in [0.3, 0.4) is 0 Å². The van der Waals surface area contributed by atoms with Crippen LogP contribution in [0.1, 0.15) is 13.8 Å². The van der Waals surface area contributed by atoms with E-state index in [9.17, 15) is 4.79 Å². The molecule has 1 heterocycles. The first-order chi connectivity index (χ1) is 7.58. The van der Waals surface area contributed by atoms with Crippen LogP contribution in [0.25, 0.3) is 0 Å². The van der Waals surface area contributed by atoms with Gasteiger partial charge < -0.3 is 11.1 Å². The van der Waals surface area contributed by atoms with E-state index in [0.29, 0.717) is 17.5 Å². The van der Waals surface area contributed by atoms with Gasteiger partial charge in [0, 0.05) is 18.1 Å². The normalized spacial score (nSPS) is 14.4. The molecule has 16 heavy (non-hydrogen) atoms. The largest absolute Gasteiger partial charge is 0.368 e. The number of carbonyl (C=O) groups is 1. The Hall–Kier alpha value is -1.14. The van der Waals surface area contributed by atoms with Gasteiger partial charge >= 0.3 is 0 Å². The number of hydrogen-bond acceptors (Lipinski definition) is 5. The first-order valence-electron chi connectivity index (χ1n) is 5.03. The maximum Gasteiger partial charge on any atom is 0.238 e. The third-order valence-electron chi connectivity index (χ3n) is 2.14. The van der Waals surface area contributed by atoms with Crippen molar-refractivity contribution < 1.29 is 4.79 Å². The number of thioether (sulfide) groups is 1. The minimum absolute atomic E-state index is 0.363. The summed E-state index contributed by atoms with van der Waals surface area (Å²) in [6, 6.07) is 1.75. The zero-order valence-corrected chi connectivity index (χ0v) is 10.3. The fourth-order valence-electron chi connectivity index (χ4n) is 1.17. The number of nitrogens with two attached hydrogens (primary N) is 1. The number of carbonyl (C=O) groups excluding carboxylic acids is 1. The van der Waals surface area contributed by atoms with Crippen molar-refractivity contribution >= 4 is 17.7 Å². The highest BCUT2D eigenvalue weighted by molar-refractivity contribution is 7.99. The molecule has 1 aromatic rings. The Morgan fingerprint density at radius 1 is 1.56 bits per heavy atom. The lowest BCUT2D eigenvalue weighted by Gasteiger charge is -2.25. The first kappa shape index (κ1) is 12.9. The average molecular weight is 240 g/mol. The molecule has 0 saturated carbocycles. The smallest absolute Gasteiger partial charge is 0.238 e. The van der Waals surface area contributed by atoms with Crippen LogP contribution in [-0.2, 0) is 4.79 Å². The highest BCUT2D eigenvalue weighted by atomic mass is 32.2. The molecule has 0 spiro atoms. The molecule has 0 saturated heterocycles. The Morgan fingerprint density at radius 3 is 2.69 bits per heavy atom. The van der Waals surface area contributed by atoms with Crippen LogP contribution in [0, 0.1) is 0 Å². The molecule has 88 valence electrons. The van der Waals surface area contributed by atoms with Crippen molar-refractivity contribution in [2.75, 3.05) is 12.3 Å². The summed E-state index contributed by atoms with van der Waals surface area (Å²) in [7, 11) is 0. The lowest BCUT2D eigenvalue weighted by atomic mass is 10.1. The summed E-state index contributed by atoms with van der Waals surface area (Å²) in [6.45, 7) is 4.41. The zero-order chi connectivity index (χ0) is 12.0. The Morgan fingerprint density at radius 2 is 2.19 bits per heavy atom. The quantitative estimate of drug-likeness (QED) is 0.556. The predicted molar refractivity (Wildman–Crippen MR) is 64.0 cm³/mol. The fourth-order valence-corrected chi connectivity index (χ4v) is 2.10. The second-order valence-corrected chi connectivity index (χ2v) is 4.49. The third-order valence-corrected chi connectivity index (χ3v) is 3.33. The van der Waals surface area contributed by atoms with Gasteiger partial charge in [0.1, 0.15) is 5.54 Å². The molecule has 0 radical (unpaired) electrons. The molecule has 1 amide bonds. The highest BCUT2D eigenvalue weighted by Crippen LogP contribution is 2.18. The van der Waals surface area contributed by atoms with E-state index in [-0.39, 0.29) is 5.91 Å². The number of rotatable bonds is 6. The minimum atomic E-state index is -0.724. The number of aromatic nitrogens is 2. The molecule has 6 heteroatoms. The molecule has 1 aromatic heterocycles. The Labute approximate surface area is 99.2 Å². The number of primary amides is 1. The van der Waals surface area contributed by atoms with Crippen molar-refractivity contribution in [2.45, 2.75) is 24.5 Å². The van der Waals surface area contributed by atoms with Gasteiger partial charge in [0.2, 0.25) is 5.91 Å². The van der Waals surface area contributed by atoms with Crippen molar-refractivity contribution in [1.29, 1.82) is 0 Å². The topological polar surface area (TPSA) is 80.9 Å². The van der Waals surface area contributed by atoms with E-state index < -0.39 is 5.54 Å². The number of likely N-dealkylation sites (N-methyl/N-ethyl adjacent to an activating group) is 1. The van der Waals surface area contributed by atoms with Gasteiger partial charge in [-0.05, 0) is 19.5 Å². The second-order valence-electron chi connectivity index (χ2n) is 3.55. The molecule has 0 aliphatic rings. The molecule has 0 aliphatic heterocycles. The van der Waals surface area contributed by atoms with Crippen LogP contribution < -0.4 is 11.1 Å². The Kier molecular flexibility index (Phi) is 4.70. The van der Waals surface area contributed by atoms with Crippen LogP contribution in [0.15, 0.2) is 23.6 Å². The van der Waals surface area contributed by atoms with Crippen LogP contribution >= 0.6 is 11.8 Å². The fraction of sp³-hybridized carbons (Fsp3) is 0.500. The predicted octanol–water partition coefficient (Wildman–Crippen LogP) is 0.422. The van der Waals surface area contributed by atoms with E-state index in [1.165, 1.54) is 11.8 Å². The van der Waals surface area contributed by atoms with E-state index in [0.717, 1.165) is 0 Å². The zero-order valence-electron chi connectivity index (χ0n) is 9.43. The summed E-state index contributed by atoms with van der Waals surface area (Å²) < 4.78 is 0. The van der Waals surface area contributed by atoms with E-state index in [1.807, 2.05) is 6.92 Å². The maximum atomic E-state index is 11.3. The van der Waals surface area contributed by atoms with Crippen LogP contribution in [0.4, 0.5) is 0 Å². The maximum absolute atomic E-state index is 11.3. The molecule has 0 bridgehead atoms. The van der Waals surface area contributed by atoms with E-state index in [1.54, 1.807) is 25.4 Å². The van der Waals surface area contributed by atoms with Gasteiger partial charge in [-0.2, -0.15) is 0 Å². The molecule has 1 unspecified atom stereocenters. The van der Waals surface area contributed by atoms with Gasteiger partial charge in [-0.15, -0.1) is 0 Å². The van der Waals surface area contributed by atoms with Gasteiger partial charge in [-0.3, -0.25) is 4.79 Å². The number of nitrogens with zero attached hydrogens (tertiary/aromatic N) is 2. The number of hydrogen-bond donors (Lipinski definition) is 2. The monoisotopic (exact) mass is 240 g/mol. The SMILES string of the molecule is CCNC(C)(CSc1ncccn1)C(N)=O. The highest BCUT2D eigenvalue weighted by Gasteiger charge is 2.30. The summed E-state index contributed by atoms with van der Waals surface area (Å²) >= 11 is 1.41. The van der Waals surface area contributed by atoms with Crippen LogP contribution in [0.5, 0.6) is 0 Å². The summed E-state index contributed by atoms with van der Waals surface area (Å²) in [6.07, 6.45) is 3.34. The van der Waals surface area contributed by atoms with E-state index in [2.05, 4.69) is 15.3 Å². The standard InChI is InChI=1S/C10H16N4OS/c1-3-14-10(2,8(11)15)7-16-9-12-5-4-6-13-9/h4-6,14H,3,7H2,1-2H3,(H2,11,15). The molecule has 0 aromatic carbocycles. The van der Waals surface area contributed by atoms with Gasteiger partial charge in [0.25, 0.3) is 0 Å². The molecule has 0 aliphatic carbocycles. The lowest BCUT2D eigenvalue weighted by molar-refractivity contribution is -0.122. The number of amides is 1. The van der Waals surface area contributed by atoms with Crippen molar-refractivity contribution in [1.82, 2.24) is 15.3 Å². The molecular weight excluding hydrogens is 224 g/mol. The van der Waals surface area contributed by atoms with E-state index >= 15 is 0 Å². The Balaban J connectivity index is 2.60. The van der Waals surface area contributed by atoms with Gasteiger partial charge in [0.05, 0.1) is 0 Å². The molecule has 0 fully saturated rings. The molecular formula is C10H16N4OS. The van der Waals surface area contributed by atoms with Gasteiger partial charge in [0.15, 0.2) is 5.16 Å². The van der Waals surface area contributed by atoms with Gasteiger partial charge in [-0.25, -0.2) is 9.97 Å². The first-order valence-corrected chi connectivity index (χ1v) is 6.02. The van der Waals surface area contributed by atoms with E-state index in [4.69, 9.17) is 5.73 Å². The van der Waals surface area contributed by atoms with Crippen LogP contribution in [-0.4, -0.2) is 33.7 Å². The second kappa shape index (κ2) is 5.81. The summed E-state index contributed by atoms with van der Waals surface area (Å²) in [5.74, 6) is 0.151. The molecule has 1 rings (SSSR count). The Bertz CT molecular complexity index is 346. The number of nitrogens with one attached hydrogen (secondary N) is 1. The third kappa shape index (κ3) is 3.46. The van der Waals surface area contributed by atoms with Crippen molar-refractivity contribution in [3.63, 3.8) is 0 Å². The van der Waals surface area contributed by atoms with Crippen molar-refractivity contribution in [3.8, 4) is 0 Å². The molecule has 5 nitrogen and oxygen atoms in total. The summed E-state index contributed by atoms with van der Waals surface area (Å²) in [5, 5.41) is 3.72. The van der Waals surface area contributed by atoms with Crippen molar-refractivity contribution in [3.05, 3.63) is 18.5 Å². The summed E-state index contributed by atoms with van der Waals surface area (Å²) in [4.78, 5) is 19.5. The van der Waals surface area contributed by atoms with Crippen LogP contribution in [0.2, 0.25) is 0 Å². The molecule has 3 N–H and O–H groups in total. The van der Waals surface area contributed by atoms with Gasteiger partial charge in [-0.1, -0.05) is 18.7 Å². The van der Waals surface area contributed by atoms with Crippen molar-refractivity contribution in [2.24, 2.45) is 5.73 Å². The average Bonchev–Trinajstić information content (AvgIpc) is 2.28. The summed E-state index contributed by atoms with van der Waals surface area (Å²) in [5.41, 5.74) is 4.64. The molecule has 1 atom stereocenters.